The lowest BCUT2D eigenvalue weighted by Crippen LogP contribution is -2.45. The van der Waals surface area contributed by atoms with Crippen LogP contribution in [0.3, 0.4) is 0 Å². The third-order valence-electron chi connectivity index (χ3n) is 3.42. The van der Waals surface area contributed by atoms with Gasteiger partial charge in [-0.1, -0.05) is 12.1 Å². The van der Waals surface area contributed by atoms with Gasteiger partial charge in [0.1, 0.15) is 11.4 Å². The summed E-state index contributed by atoms with van der Waals surface area (Å²) in [5.74, 6) is 1.02. The van der Waals surface area contributed by atoms with Crippen molar-refractivity contribution in [2.75, 3.05) is 13.6 Å². The van der Waals surface area contributed by atoms with Crippen LogP contribution >= 0.6 is 0 Å². The molecule has 0 heterocycles. The van der Waals surface area contributed by atoms with Crippen LogP contribution in [0.1, 0.15) is 31.2 Å². The van der Waals surface area contributed by atoms with E-state index >= 15 is 0 Å². The van der Waals surface area contributed by atoms with Crippen LogP contribution in [0, 0.1) is 6.92 Å². The van der Waals surface area contributed by atoms with Gasteiger partial charge in [0, 0.05) is 0 Å². The predicted molar refractivity (Wildman–Crippen MR) is 66.9 cm³/mol. The summed E-state index contributed by atoms with van der Waals surface area (Å²) in [7, 11) is 2.00. The van der Waals surface area contributed by atoms with Crippen molar-refractivity contribution in [1.29, 1.82) is 0 Å². The summed E-state index contributed by atoms with van der Waals surface area (Å²) < 4.78 is 6.18. The number of nitrogens with one attached hydrogen (secondary N) is 1. The van der Waals surface area contributed by atoms with Gasteiger partial charge in [-0.25, -0.2) is 0 Å². The van der Waals surface area contributed by atoms with Crippen LogP contribution in [-0.4, -0.2) is 19.2 Å². The summed E-state index contributed by atoms with van der Waals surface area (Å²) in [6.45, 7) is 3.14. The second-order valence-corrected chi connectivity index (χ2v) is 4.81. The van der Waals surface area contributed by atoms with Crippen molar-refractivity contribution in [3.63, 3.8) is 0 Å². The summed E-state index contributed by atoms with van der Waals surface area (Å²) in [4.78, 5) is 0. The summed E-state index contributed by atoms with van der Waals surface area (Å²) in [5, 5.41) is 3.21. The average Bonchev–Trinajstić information content (AvgIpc) is 2.22. The molecular weight excluding hydrogens is 198 g/mol. The maximum Gasteiger partial charge on any atom is 0.120 e. The van der Waals surface area contributed by atoms with Gasteiger partial charge in [-0.15, -0.1) is 0 Å². The van der Waals surface area contributed by atoms with E-state index in [1.807, 2.05) is 7.05 Å². The zero-order chi connectivity index (χ0) is 11.4. The van der Waals surface area contributed by atoms with Crippen LogP contribution in [0.25, 0.3) is 0 Å². The van der Waals surface area contributed by atoms with E-state index in [-0.39, 0.29) is 5.60 Å². The van der Waals surface area contributed by atoms with Crippen molar-refractivity contribution in [1.82, 2.24) is 5.32 Å². The van der Waals surface area contributed by atoms with Crippen molar-refractivity contribution in [3.05, 3.63) is 29.8 Å². The van der Waals surface area contributed by atoms with E-state index in [1.165, 1.54) is 24.8 Å². The molecule has 0 bridgehead atoms. The fraction of sp³-hybridized carbons (Fsp3) is 0.571. The fourth-order valence-corrected chi connectivity index (χ4v) is 2.26. The lowest BCUT2D eigenvalue weighted by Gasteiger charge is -2.42. The van der Waals surface area contributed by atoms with E-state index in [0.717, 1.165) is 18.7 Å². The molecular formula is C14H21NO. The molecule has 0 aliphatic heterocycles. The van der Waals surface area contributed by atoms with E-state index in [4.69, 9.17) is 4.74 Å². The Morgan fingerprint density at radius 3 is 2.75 bits per heavy atom. The first kappa shape index (κ1) is 11.5. The van der Waals surface area contributed by atoms with E-state index < -0.39 is 0 Å². The van der Waals surface area contributed by atoms with E-state index in [2.05, 4.69) is 36.5 Å². The Morgan fingerprint density at radius 1 is 1.38 bits per heavy atom. The maximum atomic E-state index is 6.18. The first-order valence-corrected chi connectivity index (χ1v) is 6.14. The third kappa shape index (κ3) is 2.56. The zero-order valence-corrected chi connectivity index (χ0v) is 10.3. The molecule has 16 heavy (non-hydrogen) atoms. The third-order valence-corrected chi connectivity index (χ3v) is 3.42. The van der Waals surface area contributed by atoms with Crippen LogP contribution in [0.15, 0.2) is 24.3 Å². The van der Waals surface area contributed by atoms with Gasteiger partial charge in [0.25, 0.3) is 0 Å². The normalized spacial score (nSPS) is 17.9. The summed E-state index contributed by atoms with van der Waals surface area (Å²) >= 11 is 0. The molecule has 0 atom stereocenters. The summed E-state index contributed by atoms with van der Waals surface area (Å²) in [5.41, 5.74) is 1.37. The maximum absolute atomic E-state index is 6.18. The van der Waals surface area contributed by atoms with Gasteiger partial charge in [0.2, 0.25) is 0 Å². The molecule has 2 nitrogen and oxygen atoms in total. The van der Waals surface area contributed by atoms with Crippen molar-refractivity contribution in [3.8, 4) is 5.75 Å². The molecule has 0 amide bonds. The van der Waals surface area contributed by atoms with Crippen molar-refractivity contribution in [2.45, 2.75) is 38.2 Å². The number of hydrogen-bond acceptors (Lipinski definition) is 2. The highest BCUT2D eigenvalue weighted by Gasteiger charge is 2.38. The van der Waals surface area contributed by atoms with Gasteiger partial charge < -0.3 is 10.1 Å². The molecule has 0 radical (unpaired) electrons. The molecule has 1 fully saturated rings. The van der Waals surface area contributed by atoms with Gasteiger partial charge in [0.05, 0.1) is 0 Å². The van der Waals surface area contributed by atoms with E-state index in [0.29, 0.717) is 0 Å². The molecule has 1 aliphatic rings. The monoisotopic (exact) mass is 219 g/mol. The second-order valence-electron chi connectivity index (χ2n) is 4.81. The lowest BCUT2D eigenvalue weighted by molar-refractivity contribution is -0.0139. The molecule has 0 unspecified atom stereocenters. The minimum atomic E-state index is 0.108. The Balaban J connectivity index is 2.01. The van der Waals surface area contributed by atoms with Crippen molar-refractivity contribution in [2.24, 2.45) is 0 Å². The lowest BCUT2D eigenvalue weighted by atomic mass is 9.77. The quantitative estimate of drug-likeness (QED) is 0.822. The Bertz CT molecular complexity index is 344. The van der Waals surface area contributed by atoms with Crippen LogP contribution in [-0.2, 0) is 0 Å². The van der Waals surface area contributed by atoms with Crippen molar-refractivity contribution < 1.29 is 4.74 Å². The van der Waals surface area contributed by atoms with E-state index in [9.17, 15) is 0 Å². The predicted octanol–water partition coefficient (Wildman–Crippen LogP) is 2.91. The number of aryl methyl sites for hydroxylation is 1. The topological polar surface area (TPSA) is 21.3 Å². The van der Waals surface area contributed by atoms with Gasteiger partial charge in [-0.05, 0) is 63.9 Å². The molecule has 1 aliphatic carbocycles. The van der Waals surface area contributed by atoms with Crippen LogP contribution in [0.2, 0.25) is 0 Å². The van der Waals surface area contributed by atoms with Crippen LogP contribution in [0.4, 0.5) is 0 Å². The molecule has 2 heteroatoms. The highest BCUT2D eigenvalue weighted by molar-refractivity contribution is 5.28. The molecule has 1 aromatic rings. The number of ether oxygens (including phenoxy) is 1. The molecule has 88 valence electrons. The van der Waals surface area contributed by atoms with Crippen LogP contribution < -0.4 is 10.1 Å². The molecule has 0 aromatic heterocycles. The number of hydrogen-bond donors (Lipinski definition) is 1. The zero-order valence-electron chi connectivity index (χ0n) is 10.3. The minimum absolute atomic E-state index is 0.108. The van der Waals surface area contributed by atoms with Gasteiger partial charge in [-0.2, -0.15) is 0 Å². The van der Waals surface area contributed by atoms with E-state index in [1.54, 1.807) is 0 Å². The Kier molecular flexibility index (Phi) is 3.49. The van der Waals surface area contributed by atoms with Gasteiger partial charge in [-0.3, -0.25) is 0 Å². The second kappa shape index (κ2) is 4.88. The summed E-state index contributed by atoms with van der Waals surface area (Å²) in [6, 6.07) is 8.36. The van der Waals surface area contributed by atoms with Crippen molar-refractivity contribution >= 4 is 0 Å². The molecule has 1 aromatic carbocycles. The Labute approximate surface area is 98.0 Å². The first-order chi connectivity index (χ1) is 7.74. The highest BCUT2D eigenvalue weighted by Crippen LogP contribution is 2.39. The first-order valence-electron chi connectivity index (χ1n) is 6.14. The number of rotatable bonds is 5. The molecule has 0 saturated heterocycles. The number of benzene rings is 1. The molecule has 2 rings (SSSR count). The standard InChI is InChI=1S/C14H21NO/c1-12-5-3-6-13(11-12)16-14(7-4-8-14)9-10-15-2/h3,5-6,11,15H,4,7-10H2,1-2H3. The molecule has 0 spiro atoms. The summed E-state index contributed by atoms with van der Waals surface area (Å²) in [6.07, 6.45) is 4.80. The highest BCUT2D eigenvalue weighted by atomic mass is 16.5. The Hall–Kier alpha value is -1.02. The largest absolute Gasteiger partial charge is 0.487 e. The van der Waals surface area contributed by atoms with Gasteiger partial charge >= 0.3 is 0 Å². The minimum Gasteiger partial charge on any atom is -0.487 e. The molecule has 1 N–H and O–H groups in total. The van der Waals surface area contributed by atoms with Gasteiger partial charge in [0.15, 0.2) is 0 Å². The fourth-order valence-electron chi connectivity index (χ4n) is 2.26. The Morgan fingerprint density at radius 2 is 2.19 bits per heavy atom. The SMILES string of the molecule is CNCCC1(Oc2cccc(C)c2)CCC1. The van der Waals surface area contributed by atoms with Crippen LogP contribution in [0.5, 0.6) is 5.75 Å². The average molecular weight is 219 g/mol. The smallest absolute Gasteiger partial charge is 0.120 e. The molecule has 1 saturated carbocycles.